The number of ether oxygens (including phenoxy) is 1. The van der Waals surface area contributed by atoms with Gasteiger partial charge in [0.1, 0.15) is 17.6 Å². The van der Waals surface area contributed by atoms with Crippen LogP contribution in [0.15, 0.2) is 49.7 Å². The molecule has 0 radical (unpaired) electrons. The number of benzene rings is 1. The van der Waals surface area contributed by atoms with E-state index >= 15 is 4.39 Å². The van der Waals surface area contributed by atoms with E-state index in [-0.39, 0.29) is 17.9 Å². The molecule has 2 aliphatic heterocycles. The molecule has 9 heteroatoms. The summed E-state index contributed by atoms with van der Waals surface area (Å²) in [5, 5.41) is 22.3. The zero-order valence-corrected chi connectivity index (χ0v) is 17.9. The van der Waals surface area contributed by atoms with Crippen LogP contribution in [-0.4, -0.2) is 60.8 Å². The lowest BCUT2D eigenvalue weighted by Crippen LogP contribution is -2.56. The normalized spacial score (nSPS) is 29.2. The zero-order valence-electron chi connectivity index (χ0n) is 17.9. The lowest BCUT2D eigenvalue weighted by atomic mass is 9.78. The molecule has 5 atom stereocenters. The molecule has 2 N–H and O–H groups in total. The molecule has 0 aliphatic carbocycles. The van der Waals surface area contributed by atoms with E-state index in [1.165, 1.54) is 6.20 Å². The minimum absolute atomic E-state index is 0.0225. The van der Waals surface area contributed by atoms with Crippen molar-refractivity contribution in [2.24, 2.45) is 5.92 Å². The van der Waals surface area contributed by atoms with Crippen molar-refractivity contribution >= 4 is 5.57 Å². The summed E-state index contributed by atoms with van der Waals surface area (Å²) < 4.78 is 22.8. The first-order valence-corrected chi connectivity index (χ1v) is 10.5. The van der Waals surface area contributed by atoms with Crippen LogP contribution in [0, 0.1) is 5.92 Å². The molecule has 0 amide bonds. The molecule has 2 fully saturated rings. The highest BCUT2D eigenvalue weighted by atomic mass is 19.1. The Morgan fingerprint density at radius 2 is 2.22 bits per heavy atom. The van der Waals surface area contributed by atoms with Gasteiger partial charge >= 0.3 is 0 Å². The van der Waals surface area contributed by atoms with Gasteiger partial charge in [0.2, 0.25) is 0 Å². The minimum Gasteiger partial charge on any atom is -0.507 e. The number of nitrogens with zero attached hydrogens (tertiary/aromatic N) is 5. The van der Waals surface area contributed by atoms with Crippen LogP contribution in [0.5, 0.6) is 5.75 Å². The standard InChI is InChI=1S/C23H25FN6O2/c1-13(16-9-17-20(32-3)10-23(2,27-17)21(16)24)22-26-11-18(28-29-22)15-5-4-14(8-19(15)31)30-7-6-25-12-30/h4-8,11-12,16-17,20-21,27,31H,1,9-10H2,2-3H3/t16-,17?,20+,21-,23-/m0/s1. The van der Waals surface area contributed by atoms with E-state index in [0.29, 0.717) is 35.5 Å². The Labute approximate surface area is 185 Å². The molecule has 0 spiro atoms. The van der Waals surface area contributed by atoms with Crippen LogP contribution in [0.25, 0.3) is 22.5 Å². The Morgan fingerprint density at radius 1 is 1.38 bits per heavy atom. The number of hydrogen-bond donors (Lipinski definition) is 2. The highest BCUT2D eigenvalue weighted by molar-refractivity contribution is 5.68. The molecule has 4 heterocycles. The number of phenols is 1. The quantitative estimate of drug-likeness (QED) is 0.635. The lowest BCUT2D eigenvalue weighted by molar-refractivity contribution is 0.0846. The molecule has 1 aromatic carbocycles. The molecule has 5 rings (SSSR count). The monoisotopic (exact) mass is 436 g/mol. The van der Waals surface area contributed by atoms with Gasteiger partial charge in [0, 0.05) is 43.1 Å². The third-order valence-corrected chi connectivity index (χ3v) is 6.72. The topological polar surface area (TPSA) is 98.0 Å². The summed E-state index contributed by atoms with van der Waals surface area (Å²) in [6.07, 6.45) is 6.66. The molecule has 3 aromatic rings. The molecule has 2 aliphatic rings. The maximum Gasteiger partial charge on any atom is 0.177 e. The number of phenolic OH excluding ortho intramolecular Hbond substituents is 1. The number of methoxy groups -OCH3 is 1. The van der Waals surface area contributed by atoms with Crippen molar-refractivity contribution in [3.8, 4) is 22.7 Å². The van der Waals surface area contributed by atoms with Crippen molar-refractivity contribution in [1.29, 1.82) is 0 Å². The number of imidazole rings is 1. The summed E-state index contributed by atoms with van der Waals surface area (Å²) >= 11 is 0. The average molecular weight is 436 g/mol. The van der Waals surface area contributed by atoms with Crippen LogP contribution in [0.3, 0.4) is 0 Å². The van der Waals surface area contributed by atoms with Gasteiger partial charge in [0.05, 0.1) is 29.9 Å². The summed E-state index contributed by atoms with van der Waals surface area (Å²) in [5.41, 5.74) is 1.57. The predicted octanol–water partition coefficient (Wildman–Crippen LogP) is 2.94. The second-order valence-corrected chi connectivity index (χ2v) is 8.75. The molecule has 2 aromatic heterocycles. The van der Waals surface area contributed by atoms with E-state index in [0.717, 1.165) is 5.69 Å². The first-order valence-electron chi connectivity index (χ1n) is 10.5. The van der Waals surface area contributed by atoms with Gasteiger partial charge in [-0.05, 0) is 37.5 Å². The van der Waals surface area contributed by atoms with Crippen molar-refractivity contribution in [2.75, 3.05) is 7.11 Å². The van der Waals surface area contributed by atoms with Gasteiger partial charge in [-0.25, -0.2) is 14.4 Å². The van der Waals surface area contributed by atoms with E-state index in [4.69, 9.17) is 4.74 Å². The van der Waals surface area contributed by atoms with Crippen molar-refractivity contribution in [2.45, 2.75) is 43.6 Å². The Hall–Kier alpha value is -3.17. The van der Waals surface area contributed by atoms with Crippen molar-refractivity contribution < 1.29 is 14.2 Å². The molecule has 32 heavy (non-hydrogen) atoms. The number of alkyl halides is 1. The third-order valence-electron chi connectivity index (χ3n) is 6.72. The highest BCUT2D eigenvalue weighted by Crippen LogP contribution is 2.45. The number of aromatic hydroxyl groups is 1. The second kappa shape index (κ2) is 7.75. The summed E-state index contributed by atoms with van der Waals surface area (Å²) in [6.45, 7) is 6.00. The van der Waals surface area contributed by atoms with E-state index in [1.807, 2.05) is 13.0 Å². The maximum atomic E-state index is 15.4. The summed E-state index contributed by atoms with van der Waals surface area (Å²) in [7, 11) is 1.66. The van der Waals surface area contributed by atoms with Crippen molar-refractivity contribution in [1.82, 2.24) is 30.0 Å². The number of piperidine rings is 1. The third kappa shape index (κ3) is 3.37. The Balaban J connectivity index is 1.37. The minimum atomic E-state index is -1.13. The van der Waals surface area contributed by atoms with Gasteiger partial charge in [-0.2, -0.15) is 0 Å². The van der Waals surface area contributed by atoms with Crippen LogP contribution in [-0.2, 0) is 4.74 Å². The Bertz CT molecular complexity index is 1140. The van der Waals surface area contributed by atoms with E-state index in [9.17, 15) is 5.11 Å². The van der Waals surface area contributed by atoms with Crippen molar-refractivity contribution in [3.05, 3.63) is 55.5 Å². The van der Waals surface area contributed by atoms with Crippen LogP contribution in [0.1, 0.15) is 25.6 Å². The molecule has 1 unspecified atom stereocenters. The van der Waals surface area contributed by atoms with Gasteiger partial charge in [0.15, 0.2) is 5.82 Å². The van der Waals surface area contributed by atoms with E-state index < -0.39 is 17.6 Å². The molecular weight excluding hydrogens is 411 g/mol. The fourth-order valence-corrected chi connectivity index (χ4v) is 4.96. The average Bonchev–Trinajstić information content (AvgIpc) is 3.43. The number of allylic oxidation sites excluding steroid dienone is 1. The summed E-state index contributed by atoms with van der Waals surface area (Å²) in [4.78, 5) is 8.40. The molecule has 0 saturated carbocycles. The maximum absolute atomic E-state index is 15.4. The number of hydrogen-bond acceptors (Lipinski definition) is 7. The zero-order chi connectivity index (χ0) is 22.5. The smallest absolute Gasteiger partial charge is 0.177 e. The predicted molar refractivity (Wildman–Crippen MR) is 117 cm³/mol. The Kier molecular flexibility index (Phi) is 5.02. The van der Waals surface area contributed by atoms with Gasteiger partial charge in [-0.1, -0.05) is 6.58 Å². The fourth-order valence-electron chi connectivity index (χ4n) is 4.96. The highest BCUT2D eigenvalue weighted by Gasteiger charge is 2.55. The fraction of sp³-hybridized carbons (Fsp3) is 0.391. The first-order chi connectivity index (χ1) is 15.4. The van der Waals surface area contributed by atoms with Gasteiger partial charge in [-0.3, -0.25) is 0 Å². The van der Waals surface area contributed by atoms with Gasteiger partial charge in [0.25, 0.3) is 0 Å². The number of fused-ring (bicyclic) bond motifs is 2. The molecule has 2 bridgehead atoms. The van der Waals surface area contributed by atoms with E-state index in [2.05, 4.69) is 32.1 Å². The molecule has 166 valence electrons. The van der Waals surface area contributed by atoms with Crippen molar-refractivity contribution in [3.63, 3.8) is 0 Å². The number of rotatable bonds is 5. The number of nitrogens with one attached hydrogen (secondary N) is 1. The number of halogens is 1. The van der Waals surface area contributed by atoms with Gasteiger partial charge < -0.3 is 19.7 Å². The van der Waals surface area contributed by atoms with E-state index in [1.54, 1.807) is 42.5 Å². The Morgan fingerprint density at radius 3 is 2.88 bits per heavy atom. The summed E-state index contributed by atoms with van der Waals surface area (Å²) in [5.74, 6) is -0.0483. The lowest BCUT2D eigenvalue weighted by Gasteiger charge is -2.40. The SMILES string of the molecule is C=C(c1ncc(-c2ccc(-n3ccnc3)cc2O)nn1)[C@@H]1CC2N[C@@](C)(C[C@H]2OC)[C@H]1F. The second-order valence-electron chi connectivity index (χ2n) is 8.75. The van der Waals surface area contributed by atoms with Crippen LogP contribution >= 0.6 is 0 Å². The van der Waals surface area contributed by atoms with Crippen LogP contribution in [0.2, 0.25) is 0 Å². The molecule has 8 nitrogen and oxygen atoms in total. The van der Waals surface area contributed by atoms with Crippen LogP contribution < -0.4 is 5.32 Å². The first kappa shape index (κ1) is 20.7. The largest absolute Gasteiger partial charge is 0.507 e. The molecular formula is C23H25FN6O2. The summed E-state index contributed by atoms with van der Waals surface area (Å²) in [6, 6.07) is 5.28. The molecule has 2 saturated heterocycles. The van der Waals surface area contributed by atoms with Crippen LogP contribution in [0.4, 0.5) is 4.39 Å². The number of aromatic nitrogens is 5. The van der Waals surface area contributed by atoms with Gasteiger partial charge in [-0.15, -0.1) is 10.2 Å².